The van der Waals surface area contributed by atoms with E-state index in [1.54, 1.807) is 7.11 Å². The van der Waals surface area contributed by atoms with E-state index in [4.69, 9.17) is 9.72 Å². The fourth-order valence-electron chi connectivity index (χ4n) is 4.62. The van der Waals surface area contributed by atoms with Gasteiger partial charge in [0.2, 0.25) is 5.91 Å². The topological polar surface area (TPSA) is 59.4 Å². The molecule has 1 aliphatic rings. The van der Waals surface area contributed by atoms with Gasteiger partial charge in [-0.2, -0.15) is 0 Å². The lowest BCUT2D eigenvalue weighted by Crippen LogP contribution is -2.38. The Hall–Kier alpha value is -3.16. The molecule has 1 aromatic heterocycles. The van der Waals surface area contributed by atoms with E-state index in [0.29, 0.717) is 5.75 Å². The van der Waals surface area contributed by atoms with Gasteiger partial charge in [-0.25, -0.2) is 4.98 Å². The minimum atomic E-state index is -0.00921. The number of nitrogens with one attached hydrogen (secondary N) is 1. The fraction of sp³-hybridized carbons (Fsp3) is 0.259. The minimum Gasteiger partial charge on any atom is -0.495 e. The molecule has 1 N–H and O–H groups in total. The van der Waals surface area contributed by atoms with E-state index in [0.717, 1.165) is 65.2 Å². The lowest BCUT2D eigenvalue weighted by atomic mass is 9.95. The van der Waals surface area contributed by atoms with Crippen LogP contribution in [0, 0.1) is 5.92 Å². The van der Waals surface area contributed by atoms with Gasteiger partial charge in [0, 0.05) is 16.1 Å². The van der Waals surface area contributed by atoms with Crippen molar-refractivity contribution in [3.05, 3.63) is 83.1 Å². The molecule has 34 heavy (non-hydrogen) atoms. The third-order valence-corrected chi connectivity index (χ3v) is 6.88. The summed E-state index contributed by atoms with van der Waals surface area (Å²) >= 11 is 3.60. The number of amides is 1. The van der Waals surface area contributed by atoms with Crippen LogP contribution in [0.2, 0.25) is 0 Å². The largest absolute Gasteiger partial charge is 0.495 e. The number of methoxy groups -OCH3 is 1. The summed E-state index contributed by atoms with van der Waals surface area (Å²) in [6, 6.07) is 24.1. The molecule has 1 amide bonds. The summed E-state index contributed by atoms with van der Waals surface area (Å²) in [5.41, 5.74) is 3.90. The predicted molar refractivity (Wildman–Crippen MR) is 138 cm³/mol. The lowest BCUT2D eigenvalue weighted by Gasteiger charge is -2.31. The highest BCUT2D eigenvalue weighted by molar-refractivity contribution is 9.10. The van der Waals surface area contributed by atoms with Crippen molar-refractivity contribution < 1.29 is 9.53 Å². The number of hydrogen-bond donors (Lipinski definition) is 1. The average molecular weight is 519 g/mol. The Morgan fingerprint density at radius 1 is 1.06 bits per heavy atom. The van der Waals surface area contributed by atoms with Gasteiger partial charge in [-0.1, -0.05) is 46.3 Å². The highest BCUT2D eigenvalue weighted by Crippen LogP contribution is 2.28. The summed E-state index contributed by atoms with van der Waals surface area (Å²) in [5, 5.41) is 3.05. The van der Waals surface area contributed by atoms with Crippen molar-refractivity contribution in [2.45, 2.75) is 19.4 Å². The highest BCUT2D eigenvalue weighted by atomic mass is 79.9. The van der Waals surface area contributed by atoms with Crippen LogP contribution in [0.5, 0.6) is 5.75 Å². The third-order valence-electron chi connectivity index (χ3n) is 6.38. The number of carbonyl (C=O) groups is 1. The number of ether oxygens (including phenoxy) is 1. The molecule has 1 fully saturated rings. The molecule has 1 aliphatic heterocycles. The van der Waals surface area contributed by atoms with Gasteiger partial charge in [-0.3, -0.25) is 14.3 Å². The molecule has 0 atom stereocenters. The monoisotopic (exact) mass is 518 g/mol. The molecule has 3 aromatic carbocycles. The SMILES string of the molecule is COc1ccccc1NC(=O)C1CCN(Cc2nc3ccccc3n2-c2cccc(Br)c2)CC1. The second-order valence-electron chi connectivity index (χ2n) is 8.57. The maximum Gasteiger partial charge on any atom is 0.227 e. The first-order chi connectivity index (χ1) is 16.6. The van der Waals surface area contributed by atoms with Crippen LogP contribution in [0.4, 0.5) is 5.69 Å². The molecule has 0 bridgehead atoms. The van der Waals surface area contributed by atoms with Crippen molar-refractivity contribution >= 4 is 38.6 Å². The Morgan fingerprint density at radius 2 is 1.82 bits per heavy atom. The quantitative estimate of drug-likeness (QED) is 0.358. The Bertz CT molecular complexity index is 1310. The van der Waals surface area contributed by atoms with Crippen molar-refractivity contribution in [1.82, 2.24) is 14.5 Å². The first-order valence-corrected chi connectivity index (χ1v) is 12.3. The summed E-state index contributed by atoms with van der Waals surface area (Å²) in [6.45, 7) is 2.44. The number of carbonyl (C=O) groups excluding carboxylic acids is 1. The molecule has 0 unspecified atom stereocenters. The number of aromatic nitrogens is 2. The molecule has 0 aliphatic carbocycles. The van der Waals surface area contributed by atoms with Gasteiger partial charge in [-0.05, 0) is 68.4 Å². The van der Waals surface area contributed by atoms with Gasteiger partial charge in [-0.15, -0.1) is 0 Å². The van der Waals surface area contributed by atoms with Crippen LogP contribution in [0.15, 0.2) is 77.3 Å². The molecule has 2 heterocycles. The zero-order valence-electron chi connectivity index (χ0n) is 19.1. The van der Waals surface area contributed by atoms with E-state index in [1.165, 1.54) is 0 Å². The number of benzene rings is 3. The molecular formula is C27H27BrN4O2. The molecular weight excluding hydrogens is 492 g/mol. The van der Waals surface area contributed by atoms with Crippen LogP contribution in [0.1, 0.15) is 18.7 Å². The number of rotatable bonds is 6. The highest BCUT2D eigenvalue weighted by Gasteiger charge is 2.27. The zero-order chi connectivity index (χ0) is 23.5. The van der Waals surface area contributed by atoms with Gasteiger partial charge >= 0.3 is 0 Å². The van der Waals surface area contributed by atoms with Crippen LogP contribution in [-0.4, -0.2) is 40.6 Å². The average Bonchev–Trinajstić information content (AvgIpc) is 3.22. The van der Waals surface area contributed by atoms with E-state index in [9.17, 15) is 4.79 Å². The number of para-hydroxylation sites is 4. The van der Waals surface area contributed by atoms with Gasteiger partial charge in [0.15, 0.2) is 0 Å². The summed E-state index contributed by atoms with van der Waals surface area (Å²) < 4.78 is 8.64. The first-order valence-electron chi connectivity index (χ1n) is 11.5. The Kier molecular flexibility index (Phi) is 6.65. The van der Waals surface area contributed by atoms with Crippen LogP contribution in [0.25, 0.3) is 16.7 Å². The number of fused-ring (bicyclic) bond motifs is 1. The van der Waals surface area contributed by atoms with Crippen molar-refractivity contribution in [3.8, 4) is 11.4 Å². The normalized spacial score (nSPS) is 14.9. The Labute approximate surface area is 207 Å². The van der Waals surface area contributed by atoms with Crippen LogP contribution in [0.3, 0.4) is 0 Å². The van der Waals surface area contributed by atoms with Gasteiger partial charge in [0.25, 0.3) is 0 Å². The number of nitrogens with zero attached hydrogens (tertiary/aromatic N) is 3. The van der Waals surface area contributed by atoms with Gasteiger partial charge in [0.05, 0.1) is 30.4 Å². The first kappa shape index (κ1) is 22.6. The van der Waals surface area contributed by atoms with E-state index >= 15 is 0 Å². The molecule has 174 valence electrons. The van der Waals surface area contributed by atoms with Crippen molar-refractivity contribution in [3.63, 3.8) is 0 Å². The standard InChI is InChI=1S/C27H27BrN4O2/c1-34-25-12-5-3-10-23(25)30-27(33)19-13-15-31(16-14-19)18-26-29-22-9-2-4-11-24(22)32(26)21-8-6-7-20(28)17-21/h2-12,17,19H,13-16,18H2,1H3,(H,30,33). The molecule has 6 nitrogen and oxygen atoms in total. The smallest absolute Gasteiger partial charge is 0.227 e. The molecule has 7 heteroatoms. The summed E-state index contributed by atoms with van der Waals surface area (Å²) in [6.07, 6.45) is 1.64. The molecule has 0 radical (unpaired) electrons. The molecule has 1 saturated heterocycles. The minimum absolute atomic E-state index is 0.00921. The third kappa shape index (κ3) is 4.72. The molecule has 5 rings (SSSR count). The number of likely N-dealkylation sites (tertiary alicyclic amines) is 1. The van der Waals surface area contributed by atoms with Crippen LogP contribution in [-0.2, 0) is 11.3 Å². The number of hydrogen-bond acceptors (Lipinski definition) is 4. The Morgan fingerprint density at radius 3 is 2.62 bits per heavy atom. The van der Waals surface area contributed by atoms with Crippen molar-refractivity contribution in [2.75, 3.05) is 25.5 Å². The second kappa shape index (κ2) is 9.99. The maximum atomic E-state index is 12.9. The number of halogens is 1. The summed E-state index contributed by atoms with van der Waals surface area (Å²) in [4.78, 5) is 20.2. The van der Waals surface area contributed by atoms with Crippen LogP contribution < -0.4 is 10.1 Å². The molecule has 4 aromatic rings. The maximum absolute atomic E-state index is 12.9. The summed E-state index contributed by atoms with van der Waals surface area (Å²) in [5.74, 6) is 1.74. The molecule has 0 spiro atoms. The fourth-order valence-corrected chi connectivity index (χ4v) is 5.01. The second-order valence-corrected chi connectivity index (χ2v) is 9.49. The zero-order valence-corrected chi connectivity index (χ0v) is 20.7. The van der Waals surface area contributed by atoms with Gasteiger partial charge in [0.1, 0.15) is 11.6 Å². The van der Waals surface area contributed by atoms with E-state index < -0.39 is 0 Å². The van der Waals surface area contributed by atoms with Gasteiger partial charge < -0.3 is 10.1 Å². The van der Waals surface area contributed by atoms with E-state index in [1.807, 2.05) is 48.5 Å². The summed E-state index contributed by atoms with van der Waals surface area (Å²) in [7, 11) is 1.62. The lowest BCUT2D eigenvalue weighted by molar-refractivity contribution is -0.121. The van der Waals surface area contributed by atoms with Crippen LogP contribution >= 0.6 is 15.9 Å². The van der Waals surface area contributed by atoms with E-state index in [2.05, 4.69) is 55.0 Å². The molecule has 0 saturated carbocycles. The number of anilines is 1. The van der Waals surface area contributed by atoms with E-state index in [-0.39, 0.29) is 11.8 Å². The predicted octanol–water partition coefficient (Wildman–Crippen LogP) is 5.65. The van der Waals surface area contributed by atoms with Crippen molar-refractivity contribution in [2.24, 2.45) is 5.92 Å². The van der Waals surface area contributed by atoms with Crippen molar-refractivity contribution in [1.29, 1.82) is 0 Å². The number of imidazole rings is 1. The number of piperidine rings is 1. The Balaban J connectivity index is 1.29.